The average Bonchev–Trinajstić information content (AvgIpc) is 2.82. The highest BCUT2D eigenvalue weighted by Crippen LogP contribution is 2.29. The van der Waals surface area contributed by atoms with Crippen LogP contribution in [-0.2, 0) is 14.8 Å². The third-order valence-electron chi connectivity index (χ3n) is 4.92. The van der Waals surface area contributed by atoms with E-state index in [1.54, 1.807) is 31.2 Å². The predicted octanol–water partition coefficient (Wildman–Crippen LogP) is 3.69. The van der Waals surface area contributed by atoms with E-state index in [-0.39, 0.29) is 17.1 Å². The number of rotatable bonds is 10. The van der Waals surface area contributed by atoms with Gasteiger partial charge in [0.15, 0.2) is 11.5 Å². The van der Waals surface area contributed by atoms with Crippen LogP contribution in [0, 0.1) is 11.3 Å². The molecule has 0 saturated heterocycles. The Morgan fingerprint density at radius 1 is 1.09 bits per heavy atom. The van der Waals surface area contributed by atoms with Gasteiger partial charge in [-0.25, -0.2) is 22.7 Å². The van der Waals surface area contributed by atoms with Crippen LogP contribution in [0.1, 0.15) is 38.3 Å². The van der Waals surface area contributed by atoms with E-state index in [1.807, 2.05) is 17.7 Å². The van der Waals surface area contributed by atoms with Gasteiger partial charge in [0.2, 0.25) is 0 Å². The fourth-order valence-electron chi connectivity index (χ4n) is 3.02. The number of benzene rings is 2. The minimum Gasteiger partial charge on any atom is -0.493 e. The van der Waals surface area contributed by atoms with Crippen molar-refractivity contribution >= 4 is 27.8 Å². The Balaban J connectivity index is 2.04. The minimum atomic E-state index is -4.19. The molecule has 2 aromatic carbocycles. The van der Waals surface area contributed by atoms with Gasteiger partial charge < -0.3 is 24.8 Å². The zero-order valence-electron chi connectivity index (χ0n) is 19.8. The molecule has 0 bridgehead atoms. The number of alkyl carbamates (subject to hydrolysis) is 1. The Morgan fingerprint density at radius 3 is 2.43 bits per heavy atom. The van der Waals surface area contributed by atoms with Crippen LogP contribution in [0.5, 0.6) is 11.5 Å². The van der Waals surface area contributed by atoms with E-state index >= 15 is 0 Å². The Hall–Kier alpha value is -3.98. The number of anilines is 1. The molecule has 0 radical (unpaired) electrons. The highest BCUT2D eigenvalue weighted by atomic mass is 32.2. The number of nitrogens with one attached hydrogen (secondary N) is 3. The number of nitrogens with zero attached hydrogens (tertiary/aromatic N) is 1. The summed E-state index contributed by atoms with van der Waals surface area (Å²) in [5, 5.41) is 13.9. The van der Waals surface area contributed by atoms with Crippen LogP contribution in [0.25, 0.3) is 0 Å². The van der Waals surface area contributed by atoms with Crippen LogP contribution in [-0.4, -0.2) is 40.9 Å². The quantitative estimate of drug-likeness (QED) is 0.442. The first-order valence-corrected chi connectivity index (χ1v) is 12.1. The van der Waals surface area contributed by atoms with Crippen molar-refractivity contribution < 1.29 is 32.2 Å². The maximum absolute atomic E-state index is 12.6. The summed E-state index contributed by atoms with van der Waals surface area (Å²) in [6, 6.07) is 11.0. The maximum atomic E-state index is 12.6. The van der Waals surface area contributed by atoms with E-state index in [2.05, 4.69) is 10.6 Å². The first-order chi connectivity index (χ1) is 16.6. The number of urea groups is 1. The van der Waals surface area contributed by atoms with E-state index in [0.717, 1.165) is 0 Å². The van der Waals surface area contributed by atoms with Crippen molar-refractivity contribution in [2.24, 2.45) is 0 Å². The van der Waals surface area contributed by atoms with Crippen molar-refractivity contribution in [2.45, 2.75) is 43.7 Å². The molecule has 0 spiro atoms. The topological polar surface area (TPSA) is 156 Å². The third kappa shape index (κ3) is 7.79. The smallest absolute Gasteiger partial charge is 0.407 e. The lowest BCUT2D eigenvalue weighted by molar-refractivity contribution is 0.0950. The number of carbonyl (C=O) groups is 2. The molecule has 0 saturated carbocycles. The predicted molar refractivity (Wildman–Crippen MR) is 128 cm³/mol. The third-order valence-corrected chi connectivity index (χ3v) is 6.25. The Morgan fingerprint density at radius 2 is 1.80 bits per heavy atom. The van der Waals surface area contributed by atoms with Gasteiger partial charge in [0.05, 0.1) is 37.6 Å². The van der Waals surface area contributed by atoms with E-state index in [1.165, 1.54) is 32.4 Å². The summed E-state index contributed by atoms with van der Waals surface area (Å²) in [6.07, 6.45) is -0.567. The molecule has 35 heavy (non-hydrogen) atoms. The molecule has 2 rings (SSSR count). The summed E-state index contributed by atoms with van der Waals surface area (Å²) in [5.74, 6) is 0.538. The van der Waals surface area contributed by atoms with Gasteiger partial charge >= 0.3 is 12.1 Å². The number of hydrogen-bond acceptors (Lipinski definition) is 8. The van der Waals surface area contributed by atoms with E-state index in [4.69, 9.17) is 19.5 Å². The molecule has 11 nitrogen and oxygen atoms in total. The lowest BCUT2D eigenvalue weighted by Crippen LogP contribution is -2.34. The normalized spacial score (nSPS) is 12.4. The molecule has 0 aromatic heterocycles. The van der Waals surface area contributed by atoms with Crippen LogP contribution in [0.3, 0.4) is 0 Å². The second-order valence-electron chi connectivity index (χ2n) is 7.37. The molecule has 1 unspecified atom stereocenters. The van der Waals surface area contributed by atoms with E-state index < -0.39 is 34.3 Å². The number of nitriles is 1. The number of amides is 3. The number of hydrogen-bond donors (Lipinski definition) is 3. The molecule has 0 aliphatic carbocycles. The first kappa shape index (κ1) is 27.3. The molecule has 188 valence electrons. The Bertz CT molecular complexity index is 1190. The maximum Gasteiger partial charge on any atom is 0.407 e. The highest BCUT2D eigenvalue weighted by molar-refractivity contribution is 7.90. The highest BCUT2D eigenvalue weighted by Gasteiger charge is 2.20. The standard InChI is InChI=1S/C23H28N4O7S/c1-5-18(11-12-24)34-23(29)25-15(2)16-7-6-8-17(13-16)26-22(28)27-35(30,31)19-9-10-20(32-3)21(14-19)33-4/h6-10,13-15,18H,5,11H2,1-4H3,(H,25,29)(H2,26,27,28)/t15-,18?/m0/s1. The molecule has 0 heterocycles. The summed E-state index contributed by atoms with van der Waals surface area (Å²) in [7, 11) is -1.41. The van der Waals surface area contributed by atoms with Crippen LogP contribution in [0.2, 0.25) is 0 Å². The number of ether oxygens (including phenoxy) is 3. The van der Waals surface area contributed by atoms with Crippen LogP contribution in [0.4, 0.5) is 15.3 Å². The molecule has 12 heteroatoms. The lowest BCUT2D eigenvalue weighted by Gasteiger charge is -2.18. The molecule has 0 aliphatic heterocycles. The largest absolute Gasteiger partial charge is 0.493 e. The van der Waals surface area contributed by atoms with Crippen molar-refractivity contribution in [1.82, 2.24) is 10.0 Å². The summed E-state index contributed by atoms with van der Waals surface area (Å²) >= 11 is 0. The van der Waals surface area contributed by atoms with Crippen LogP contribution in [0.15, 0.2) is 47.4 Å². The van der Waals surface area contributed by atoms with Crippen molar-refractivity contribution in [1.29, 1.82) is 5.26 Å². The van der Waals surface area contributed by atoms with Gasteiger partial charge in [-0.1, -0.05) is 19.1 Å². The zero-order chi connectivity index (χ0) is 26.0. The molecule has 2 atom stereocenters. The van der Waals surface area contributed by atoms with Gasteiger partial charge in [-0.15, -0.1) is 0 Å². The molecule has 0 aliphatic rings. The van der Waals surface area contributed by atoms with Gasteiger partial charge in [0, 0.05) is 11.8 Å². The number of methoxy groups -OCH3 is 2. The second kappa shape index (κ2) is 12.5. The molecular weight excluding hydrogens is 476 g/mol. The summed E-state index contributed by atoms with van der Waals surface area (Å²) in [6.45, 7) is 3.53. The van der Waals surface area contributed by atoms with Gasteiger partial charge in [-0.05, 0) is 43.2 Å². The zero-order valence-corrected chi connectivity index (χ0v) is 20.6. The van der Waals surface area contributed by atoms with Gasteiger partial charge in [0.1, 0.15) is 6.10 Å². The first-order valence-electron chi connectivity index (χ1n) is 10.6. The SMILES string of the molecule is CCC(CC#N)OC(=O)N[C@@H](C)c1cccc(NC(=O)NS(=O)(=O)c2ccc(OC)c(OC)c2)c1. The minimum absolute atomic E-state index is 0.0963. The Labute approximate surface area is 204 Å². The lowest BCUT2D eigenvalue weighted by atomic mass is 10.1. The molecule has 3 amide bonds. The number of sulfonamides is 1. The van der Waals surface area contributed by atoms with Gasteiger partial charge in [-0.3, -0.25) is 0 Å². The molecule has 0 fully saturated rings. The molecule has 2 aromatic rings. The monoisotopic (exact) mass is 504 g/mol. The summed E-state index contributed by atoms with van der Waals surface area (Å²) in [5.41, 5.74) is 0.941. The summed E-state index contributed by atoms with van der Waals surface area (Å²) < 4.78 is 42.6. The van der Waals surface area contributed by atoms with Crippen LogP contribution < -0.4 is 24.8 Å². The number of carbonyl (C=O) groups excluding carboxylic acids is 2. The average molecular weight is 505 g/mol. The fourth-order valence-corrected chi connectivity index (χ4v) is 3.95. The van der Waals surface area contributed by atoms with Crippen molar-refractivity contribution in [3.8, 4) is 17.6 Å². The fraction of sp³-hybridized carbons (Fsp3) is 0.348. The van der Waals surface area contributed by atoms with Gasteiger partial charge in [0.25, 0.3) is 10.0 Å². The van der Waals surface area contributed by atoms with Crippen LogP contribution >= 0.6 is 0 Å². The van der Waals surface area contributed by atoms with Crippen molar-refractivity contribution in [3.05, 3.63) is 48.0 Å². The van der Waals surface area contributed by atoms with Crippen molar-refractivity contribution in [2.75, 3.05) is 19.5 Å². The summed E-state index contributed by atoms with van der Waals surface area (Å²) in [4.78, 5) is 24.3. The van der Waals surface area contributed by atoms with E-state index in [9.17, 15) is 18.0 Å². The van der Waals surface area contributed by atoms with Gasteiger partial charge in [-0.2, -0.15) is 5.26 Å². The Kier molecular flexibility index (Phi) is 9.72. The molecule has 3 N–H and O–H groups in total. The van der Waals surface area contributed by atoms with E-state index in [0.29, 0.717) is 23.4 Å². The second-order valence-corrected chi connectivity index (χ2v) is 9.05. The molecular formula is C23H28N4O7S. The van der Waals surface area contributed by atoms with Crippen molar-refractivity contribution in [3.63, 3.8) is 0 Å².